The van der Waals surface area contributed by atoms with Crippen LogP contribution in [0.25, 0.3) is 0 Å². The van der Waals surface area contributed by atoms with Crippen LogP contribution in [0.2, 0.25) is 0 Å². The van der Waals surface area contributed by atoms with Gasteiger partial charge in [-0.05, 0) is 42.8 Å². The van der Waals surface area contributed by atoms with Crippen LogP contribution in [-0.4, -0.2) is 18.0 Å². The number of carbonyl (C=O) groups is 1. The van der Waals surface area contributed by atoms with Gasteiger partial charge >= 0.3 is 6.03 Å². The summed E-state index contributed by atoms with van der Waals surface area (Å²) in [7, 11) is 1.64. The first kappa shape index (κ1) is 19.6. The lowest BCUT2D eigenvalue weighted by Crippen LogP contribution is -2.34. The molecule has 3 aromatic rings. The Bertz CT molecular complexity index is 912. The fraction of sp³-hybridized carbons (Fsp3) is 0.227. The summed E-state index contributed by atoms with van der Waals surface area (Å²) in [6.45, 7) is 2.56. The van der Waals surface area contributed by atoms with E-state index in [9.17, 15) is 9.18 Å². The van der Waals surface area contributed by atoms with Gasteiger partial charge in [0.2, 0.25) is 0 Å². The molecule has 0 spiro atoms. The molecule has 1 heterocycles. The molecule has 0 radical (unpaired) electrons. The molecule has 6 heteroatoms. The number of urea groups is 1. The normalized spacial score (nSPS) is 11.8. The predicted octanol–water partition coefficient (Wildman–Crippen LogP) is 5.36. The average Bonchev–Trinajstić information content (AvgIpc) is 3.21. The zero-order valence-electron chi connectivity index (χ0n) is 15.9. The minimum Gasteiger partial charge on any atom is -0.467 e. The van der Waals surface area contributed by atoms with E-state index < -0.39 is 6.04 Å². The second-order valence-electron chi connectivity index (χ2n) is 6.51. The van der Waals surface area contributed by atoms with Crippen LogP contribution in [0.3, 0.4) is 0 Å². The zero-order valence-corrected chi connectivity index (χ0v) is 15.9. The molecule has 0 fully saturated rings. The molecule has 0 aliphatic carbocycles. The fourth-order valence-electron chi connectivity index (χ4n) is 2.81. The Balaban J connectivity index is 1.58. The summed E-state index contributed by atoms with van der Waals surface area (Å²) >= 11 is 0. The first-order valence-electron chi connectivity index (χ1n) is 9.02. The van der Waals surface area contributed by atoms with Crippen molar-refractivity contribution >= 4 is 11.7 Å². The van der Waals surface area contributed by atoms with Crippen LogP contribution < -0.4 is 5.32 Å². The van der Waals surface area contributed by atoms with Crippen LogP contribution in [0.15, 0.2) is 71.3 Å². The number of amides is 2. The van der Waals surface area contributed by atoms with Gasteiger partial charge in [-0.3, -0.25) is 0 Å². The minimum absolute atomic E-state index is 0.315. The van der Waals surface area contributed by atoms with Crippen molar-refractivity contribution in [3.05, 3.63) is 89.6 Å². The number of nitrogens with zero attached hydrogens (tertiary/aromatic N) is 1. The molecule has 0 aliphatic rings. The van der Waals surface area contributed by atoms with Gasteiger partial charge in [-0.1, -0.05) is 30.3 Å². The van der Waals surface area contributed by atoms with Crippen LogP contribution in [0, 0.1) is 5.82 Å². The number of hydrogen-bond donors (Lipinski definition) is 1. The molecule has 1 N–H and O–H groups in total. The Hall–Kier alpha value is -3.12. The minimum atomic E-state index is -0.402. The molecule has 0 aliphatic heterocycles. The summed E-state index contributed by atoms with van der Waals surface area (Å²) in [5.41, 5.74) is 2.05. The van der Waals surface area contributed by atoms with E-state index in [0.29, 0.717) is 24.5 Å². The van der Waals surface area contributed by atoms with Gasteiger partial charge in [0, 0.05) is 18.3 Å². The van der Waals surface area contributed by atoms with E-state index in [2.05, 4.69) is 5.32 Å². The Morgan fingerprint density at radius 2 is 1.96 bits per heavy atom. The van der Waals surface area contributed by atoms with Crippen molar-refractivity contribution in [3.63, 3.8) is 0 Å². The summed E-state index contributed by atoms with van der Waals surface area (Å²) in [6, 6.07) is 16.8. The highest BCUT2D eigenvalue weighted by Crippen LogP contribution is 2.22. The molecule has 2 aromatic carbocycles. The van der Waals surface area contributed by atoms with Crippen molar-refractivity contribution in [1.82, 2.24) is 4.90 Å². The van der Waals surface area contributed by atoms with Gasteiger partial charge in [0.25, 0.3) is 0 Å². The van der Waals surface area contributed by atoms with E-state index in [0.717, 1.165) is 11.3 Å². The highest BCUT2D eigenvalue weighted by molar-refractivity contribution is 5.89. The summed E-state index contributed by atoms with van der Waals surface area (Å²) in [4.78, 5) is 14.0. The number of ether oxygens (including phenoxy) is 1. The maximum Gasteiger partial charge on any atom is 0.322 e. The SMILES string of the molecule is CC(c1ccccc1F)N(C)C(=O)Nc1cccc(COCc2ccco2)c1. The molecule has 146 valence electrons. The largest absolute Gasteiger partial charge is 0.467 e. The van der Waals surface area contributed by atoms with E-state index in [4.69, 9.17) is 9.15 Å². The number of benzene rings is 2. The van der Waals surface area contributed by atoms with Gasteiger partial charge in [-0.25, -0.2) is 9.18 Å². The second kappa shape index (κ2) is 9.19. The Morgan fingerprint density at radius 3 is 2.71 bits per heavy atom. The summed E-state index contributed by atoms with van der Waals surface area (Å²) in [6.07, 6.45) is 1.60. The van der Waals surface area contributed by atoms with Crippen molar-refractivity contribution < 1.29 is 18.3 Å². The monoisotopic (exact) mass is 382 g/mol. The molecule has 0 bridgehead atoms. The summed E-state index contributed by atoms with van der Waals surface area (Å²) in [5.74, 6) is 0.429. The van der Waals surface area contributed by atoms with Crippen LogP contribution >= 0.6 is 0 Å². The van der Waals surface area contributed by atoms with Crippen molar-refractivity contribution in [2.24, 2.45) is 0 Å². The standard InChI is InChI=1S/C22H23FN2O3/c1-16(20-10-3-4-11-21(20)23)25(2)22(26)24-18-8-5-7-17(13-18)14-27-15-19-9-6-12-28-19/h3-13,16H,14-15H2,1-2H3,(H,24,26). The van der Waals surface area contributed by atoms with Gasteiger partial charge < -0.3 is 19.4 Å². The van der Waals surface area contributed by atoms with Crippen LogP contribution in [-0.2, 0) is 18.0 Å². The zero-order chi connectivity index (χ0) is 19.9. The van der Waals surface area contributed by atoms with Gasteiger partial charge in [0.05, 0.1) is 18.9 Å². The van der Waals surface area contributed by atoms with Gasteiger partial charge in [-0.15, -0.1) is 0 Å². The first-order chi connectivity index (χ1) is 13.5. The maximum absolute atomic E-state index is 14.0. The Labute approximate surface area is 163 Å². The van der Waals surface area contributed by atoms with E-state index >= 15 is 0 Å². The van der Waals surface area contributed by atoms with E-state index in [1.54, 1.807) is 44.5 Å². The van der Waals surface area contributed by atoms with E-state index in [1.807, 2.05) is 30.3 Å². The molecule has 0 saturated carbocycles. The molecular weight excluding hydrogens is 359 g/mol. The third kappa shape index (κ3) is 4.98. The average molecular weight is 382 g/mol. The first-order valence-corrected chi connectivity index (χ1v) is 9.02. The van der Waals surface area contributed by atoms with E-state index in [1.165, 1.54) is 11.0 Å². The van der Waals surface area contributed by atoms with Crippen LogP contribution in [0.1, 0.15) is 29.9 Å². The number of nitrogens with one attached hydrogen (secondary N) is 1. The number of furan rings is 1. The fourth-order valence-corrected chi connectivity index (χ4v) is 2.81. The van der Waals surface area contributed by atoms with Gasteiger partial charge in [-0.2, -0.15) is 0 Å². The molecular formula is C22H23FN2O3. The summed E-state index contributed by atoms with van der Waals surface area (Å²) < 4.78 is 24.8. The Morgan fingerprint density at radius 1 is 1.14 bits per heavy atom. The van der Waals surface area contributed by atoms with E-state index in [-0.39, 0.29) is 11.8 Å². The second-order valence-corrected chi connectivity index (χ2v) is 6.51. The smallest absolute Gasteiger partial charge is 0.322 e. The molecule has 5 nitrogen and oxygen atoms in total. The van der Waals surface area contributed by atoms with Gasteiger partial charge in [0.15, 0.2) is 0 Å². The molecule has 1 unspecified atom stereocenters. The molecule has 28 heavy (non-hydrogen) atoms. The number of carbonyl (C=O) groups excluding carboxylic acids is 1. The number of rotatable bonds is 7. The number of hydrogen-bond acceptors (Lipinski definition) is 3. The predicted molar refractivity (Wildman–Crippen MR) is 105 cm³/mol. The lowest BCUT2D eigenvalue weighted by atomic mass is 10.1. The molecule has 1 atom stereocenters. The molecule has 0 saturated heterocycles. The third-order valence-electron chi connectivity index (χ3n) is 4.53. The highest BCUT2D eigenvalue weighted by Gasteiger charge is 2.20. The molecule has 3 rings (SSSR count). The molecule has 1 aromatic heterocycles. The Kier molecular flexibility index (Phi) is 6.45. The number of halogens is 1. The lowest BCUT2D eigenvalue weighted by Gasteiger charge is -2.26. The number of anilines is 1. The summed E-state index contributed by atoms with van der Waals surface area (Å²) in [5, 5.41) is 2.85. The van der Waals surface area contributed by atoms with Gasteiger partial charge in [0.1, 0.15) is 18.2 Å². The lowest BCUT2D eigenvalue weighted by molar-refractivity contribution is 0.0930. The quantitative estimate of drug-likeness (QED) is 0.598. The van der Waals surface area contributed by atoms with Crippen molar-refractivity contribution in [3.8, 4) is 0 Å². The maximum atomic E-state index is 14.0. The topological polar surface area (TPSA) is 54.7 Å². The van der Waals surface area contributed by atoms with Crippen LogP contribution in [0.5, 0.6) is 0 Å². The molecule has 2 amide bonds. The third-order valence-corrected chi connectivity index (χ3v) is 4.53. The van der Waals surface area contributed by atoms with Crippen molar-refractivity contribution in [2.45, 2.75) is 26.2 Å². The van der Waals surface area contributed by atoms with Crippen molar-refractivity contribution in [2.75, 3.05) is 12.4 Å². The van der Waals surface area contributed by atoms with Crippen LogP contribution in [0.4, 0.5) is 14.9 Å². The highest BCUT2D eigenvalue weighted by atomic mass is 19.1. The van der Waals surface area contributed by atoms with Crippen molar-refractivity contribution in [1.29, 1.82) is 0 Å².